The second-order valence-corrected chi connectivity index (χ2v) is 7.74. The molecule has 2 heterocycles. The van der Waals surface area contributed by atoms with E-state index in [-0.39, 0.29) is 24.0 Å². The number of guanidine groups is 1. The smallest absolute Gasteiger partial charge is 0.192 e. The number of rotatable bonds is 7. The van der Waals surface area contributed by atoms with E-state index < -0.39 is 0 Å². The van der Waals surface area contributed by atoms with Gasteiger partial charge in [-0.15, -0.1) is 40.8 Å². The highest BCUT2D eigenvalue weighted by atomic mass is 127. The Kier molecular flexibility index (Phi) is 9.77. The van der Waals surface area contributed by atoms with Crippen LogP contribution in [0, 0.1) is 13.8 Å². The summed E-state index contributed by atoms with van der Waals surface area (Å²) >= 11 is 0. The molecule has 0 bridgehead atoms. The summed E-state index contributed by atoms with van der Waals surface area (Å²) in [4.78, 5) is 7.24. The van der Waals surface area contributed by atoms with Gasteiger partial charge in [-0.3, -0.25) is 4.90 Å². The number of nitrogens with one attached hydrogen (secondary N) is 2. The number of aliphatic imine (C=N–C) groups is 1. The Bertz CT molecular complexity index is 838. The molecule has 0 saturated carbocycles. The quantitative estimate of drug-likeness (QED) is 0.253. The zero-order valence-electron chi connectivity index (χ0n) is 18.3. The SMILES string of the molecule is C=CCNC(=NCc1nnc(C)n1C)NC1CCN(Cc2cccc(C)c2)CC1.I. The van der Waals surface area contributed by atoms with Crippen LogP contribution < -0.4 is 10.6 Å². The number of aromatic nitrogens is 3. The van der Waals surface area contributed by atoms with Gasteiger partial charge in [0.2, 0.25) is 0 Å². The van der Waals surface area contributed by atoms with Crippen molar-refractivity contribution in [3.05, 3.63) is 59.7 Å². The lowest BCUT2D eigenvalue weighted by Gasteiger charge is -2.33. The standard InChI is InChI=1S/C22H33N7.HI/c1-5-11-23-22(24-15-21-27-26-18(3)28(21)4)25-20-9-12-29(13-10-20)16-19-8-6-7-17(2)14-19;/h5-8,14,20H,1,9-13,15-16H2,2-4H3,(H2,23,24,25);1H. The van der Waals surface area contributed by atoms with Crippen molar-refractivity contribution in [3.63, 3.8) is 0 Å². The average molecular weight is 523 g/mol. The molecule has 0 radical (unpaired) electrons. The second kappa shape index (κ2) is 12.0. The molecule has 0 amide bonds. The van der Waals surface area contributed by atoms with E-state index in [9.17, 15) is 0 Å². The summed E-state index contributed by atoms with van der Waals surface area (Å²) in [6, 6.07) is 9.21. The maximum atomic E-state index is 4.71. The van der Waals surface area contributed by atoms with Crippen LogP contribution in [0.15, 0.2) is 41.9 Å². The number of benzene rings is 1. The predicted octanol–water partition coefficient (Wildman–Crippen LogP) is 2.94. The number of hydrogen-bond acceptors (Lipinski definition) is 4. The molecule has 1 aromatic heterocycles. The average Bonchev–Trinajstić information content (AvgIpc) is 3.03. The molecule has 0 unspecified atom stereocenters. The van der Waals surface area contributed by atoms with Crippen molar-refractivity contribution >= 4 is 29.9 Å². The van der Waals surface area contributed by atoms with Crippen LogP contribution in [0.5, 0.6) is 0 Å². The molecule has 2 aromatic rings. The molecule has 1 aliphatic heterocycles. The van der Waals surface area contributed by atoms with E-state index in [2.05, 4.69) is 63.5 Å². The lowest BCUT2D eigenvalue weighted by molar-refractivity contribution is 0.198. The molecular formula is C22H34IN7. The van der Waals surface area contributed by atoms with E-state index in [1.807, 2.05) is 24.6 Å². The summed E-state index contributed by atoms with van der Waals surface area (Å²) in [5.74, 6) is 2.56. The molecule has 1 fully saturated rings. The van der Waals surface area contributed by atoms with Gasteiger partial charge in [0.25, 0.3) is 0 Å². The molecule has 2 N–H and O–H groups in total. The molecule has 1 aromatic carbocycles. The number of likely N-dealkylation sites (tertiary alicyclic amines) is 1. The Labute approximate surface area is 197 Å². The minimum absolute atomic E-state index is 0. The molecule has 164 valence electrons. The predicted molar refractivity (Wildman–Crippen MR) is 133 cm³/mol. The Morgan fingerprint density at radius 2 is 2.03 bits per heavy atom. The third-order valence-corrected chi connectivity index (χ3v) is 5.39. The van der Waals surface area contributed by atoms with Crippen LogP contribution in [0.3, 0.4) is 0 Å². The van der Waals surface area contributed by atoms with Gasteiger partial charge in [0.15, 0.2) is 11.8 Å². The van der Waals surface area contributed by atoms with Crippen molar-refractivity contribution in [2.24, 2.45) is 12.0 Å². The highest BCUT2D eigenvalue weighted by Crippen LogP contribution is 2.15. The number of piperidine rings is 1. The molecule has 0 spiro atoms. The lowest BCUT2D eigenvalue weighted by Crippen LogP contribution is -2.48. The summed E-state index contributed by atoms with van der Waals surface area (Å²) in [7, 11) is 1.97. The zero-order valence-corrected chi connectivity index (χ0v) is 20.6. The van der Waals surface area contributed by atoms with Crippen LogP contribution in [0.1, 0.15) is 35.6 Å². The monoisotopic (exact) mass is 523 g/mol. The topological polar surface area (TPSA) is 70.4 Å². The molecule has 1 saturated heterocycles. The van der Waals surface area contributed by atoms with Crippen LogP contribution in [-0.4, -0.2) is 51.3 Å². The number of halogens is 1. The van der Waals surface area contributed by atoms with E-state index in [1.54, 1.807) is 0 Å². The molecule has 30 heavy (non-hydrogen) atoms. The highest BCUT2D eigenvalue weighted by molar-refractivity contribution is 14.0. The van der Waals surface area contributed by atoms with Gasteiger partial charge in [0.05, 0.1) is 0 Å². The van der Waals surface area contributed by atoms with Gasteiger partial charge in [0.1, 0.15) is 12.4 Å². The van der Waals surface area contributed by atoms with Crippen LogP contribution >= 0.6 is 24.0 Å². The minimum Gasteiger partial charge on any atom is -0.354 e. The lowest BCUT2D eigenvalue weighted by atomic mass is 10.0. The third-order valence-electron chi connectivity index (χ3n) is 5.39. The van der Waals surface area contributed by atoms with E-state index in [0.717, 1.165) is 50.1 Å². The molecule has 8 heteroatoms. The van der Waals surface area contributed by atoms with Gasteiger partial charge in [0, 0.05) is 39.3 Å². The summed E-state index contributed by atoms with van der Waals surface area (Å²) in [5, 5.41) is 15.2. The number of aryl methyl sites for hydroxylation is 2. The van der Waals surface area contributed by atoms with E-state index in [1.165, 1.54) is 11.1 Å². The van der Waals surface area contributed by atoms with Gasteiger partial charge in [-0.05, 0) is 32.3 Å². The second-order valence-electron chi connectivity index (χ2n) is 7.74. The fourth-order valence-corrected chi connectivity index (χ4v) is 3.56. The van der Waals surface area contributed by atoms with Crippen LogP contribution in [0.25, 0.3) is 0 Å². The molecule has 7 nitrogen and oxygen atoms in total. The van der Waals surface area contributed by atoms with Crippen molar-refractivity contribution < 1.29 is 0 Å². The van der Waals surface area contributed by atoms with Gasteiger partial charge in [-0.1, -0.05) is 35.9 Å². The first kappa shape index (κ1) is 24.3. The Balaban J connectivity index is 0.00000320. The van der Waals surface area contributed by atoms with Crippen molar-refractivity contribution in [1.29, 1.82) is 0 Å². The van der Waals surface area contributed by atoms with Gasteiger partial charge < -0.3 is 15.2 Å². The van der Waals surface area contributed by atoms with Crippen molar-refractivity contribution in [1.82, 2.24) is 30.3 Å². The van der Waals surface area contributed by atoms with Gasteiger partial charge in [-0.25, -0.2) is 4.99 Å². The normalized spacial score (nSPS) is 15.5. The van der Waals surface area contributed by atoms with Crippen LogP contribution in [0.4, 0.5) is 0 Å². The van der Waals surface area contributed by atoms with E-state index in [0.29, 0.717) is 19.1 Å². The molecule has 1 aliphatic rings. The van der Waals surface area contributed by atoms with Gasteiger partial charge >= 0.3 is 0 Å². The summed E-state index contributed by atoms with van der Waals surface area (Å²) < 4.78 is 1.97. The Morgan fingerprint density at radius 1 is 1.27 bits per heavy atom. The molecular weight excluding hydrogens is 489 g/mol. The fourth-order valence-electron chi connectivity index (χ4n) is 3.56. The maximum absolute atomic E-state index is 4.71. The van der Waals surface area contributed by atoms with Crippen molar-refractivity contribution in [3.8, 4) is 0 Å². The summed E-state index contributed by atoms with van der Waals surface area (Å²) in [5.41, 5.74) is 2.72. The van der Waals surface area contributed by atoms with E-state index >= 15 is 0 Å². The maximum Gasteiger partial charge on any atom is 0.192 e. The first-order chi connectivity index (χ1) is 14.0. The van der Waals surface area contributed by atoms with Crippen molar-refractivity contribution in [2.45, 2.75) is 45.8 Å². The van der Waals surface area contributed by atoms with Gasteiger partial charge in [-0.2, -0.15) is 0 Å². The minimum atomic E-state index is 0. The number of nitrogens with zero attached hydrogens (tertiary/aromatic N) is 5. The molecule has 0 aliphatic carbocycles. The third kappa shape index (κ3) is 7.09. The zero-order chi connectivity index (χ0) is 20.6. The van der Waals surface area contributed by atoms with E-state index in [4.69, 9.17) is 4.99 Å². The molecule has 0 atom stereocenters. The largest absolute Gasteiger partial charge is 0.354 e. The molecule has 3 rings (SSSR count). The number of hydrogen-bond donors (Lipinski definition) is 2. The first-order valence-electron chi connectivity index (χ1n) is 10.3. The highest BCUT2D eigenvalue weighted by Gasteiger charge is 2.20. The fraction of sp³-hybridized carbons (Fsp3) is 0.500. The van der Waals surface area contributed by atoms with Crippen LogP contribution in [0.2, 0.25) is 0 Å². The summed E-state index contributed by atoms with van der Waals surface area (Å²) in [6.45, 7) is 12.3. The van der Waals surface area contributed by atoms with Crippen molar-refractivity contribution in [2.75, 3.05) is 19.6 Å². The van der Waals surface area contributed by atoms with Crippen LogP contribution in [-0.2, 0) is 20.1 Å². The Morgan fingerprint density at radius 3 is 2.67 bits per heavy atom. The Hall–Kier alpha value is -1.94. The first-order valence-corrected chi connectivity index (χ1v) is 10.3. The summed E-state index contributed by atoms with van der Waals surface area (Å²) in [6.07, 6.45) is 4.04.